The summed E-state index contributed by atoms with van der Waals surface area (Å²) in [5.41, 5.74) is 0.894. The second-order valence-electron chi connectivity index (χ2n) is 5.98. The summed E-state index contributed by atoms with van der Waals surface area (Å²) in [6.45, 7) is 3.87. The normalized spacial score (nSPS) is 11.8. The highest BCUT2D eigenvalue weighted by molar-refractivity contribution is 9.10. The average Bonchev–Trinajstić information content (AvgIpc) is 2.58. The second kappa shape index (κ2) is 7.39. The molecule has 0 saturated carbocycles. The first-order chi connectivity index (χ1) is 12.3. The number of nitrogens with zero attached hydrogens (tertiary/aromatic N) is 3. The summed E-state index contributed by atoms with van der Waals surface area (Å²) in [7, 11) is 0. The van der Waals surface area contributed by atoms with E-state index < -0.39 is 0 Å². The zero-order valence-electron chi connectivity index (χ0n) is 13.9. The van der Waals surface area contributed by atoms with Gasteiger partial charge < -0.3 is 5.11 Å². The molecule has 3 aromatic rings. The van der Waals surface area contributed by atoms with Gasteiger partial charge in [0.05, 0.1) is 27.2 Å². The maximum absolute atomic E-state index is 12.9. The molecule has 1 heterocycles. The van der Waals surface area contributed by atoms with Crippen LogP contribution in [0.2, 0.25) is 10.0 Å². The number of halogens is 3. The Bertz CT molecular complexity index is 1070. The minimum atomic E-state index is -0.271. The number of fused-ring (bicyclic) bond motifs is 1. The number of rotatable bonds is 3. The maximum Gasteiger partial charge on any atom is 0.282 e. The molecule has 26 heavy (non-hydrogen) atoms. The van der Waals surface area contributed by atoms with Crippen molar-refractivity contribution in [3.63, 3.8) is 0 Å². The lowest BCUT2D eigenvalue weighted by molar-refractivity contribution is 0.476. The molecular weight excluding hydrogens is 441 g/mol. The van der Waals surface area contributed by atoms with Gasteiger partial charge in [0.25, 0.3) is 5.56 Å². The highest BCUT2D eigenvalue weighted by atomic mass is 79.9. The number of phenolic OH excluding ortho intramolecular Hbond substituents is 1. The number of hydrogen-bond donors (Lipinski definition) is 1. The molecule has 0 saturated heterocycles. The van der Waals surface area contributed by atoms with Crippen molar-refractivity contribution in [2.75, 3.05) is 0 Å². The summed E-state index contributed by atoms with van der Waals surface area (Å²) < 4.78 is 2.06. The predicted molar refractivity (Wildman–Crippen MR) is 109 cm³/mol. The summed E-state index contributed by atoms with van der Waals surface area (Å²) in [6, 6.07) is 8.37. The van der Waals surface area contributed by atoms with E-state index in [1.54, 1.807) is 12.1 Å². The average molecular weight is 455 g/mol. The largest absolute Gasteiger partial charge is 0.505 e. The topological polar surface area (TPSA) is 67.5 Å². The zero-order chi connectivity index (χ0) is 19.0. The van der Waals surface area contributed by atoms with Gasteiger partial charge in [-0.25, -0.2) is 4.98 Å². The van der Waals surface area contributed by atoms with Crippen molar-refractivity contribution < 1.29 is 5.11 Å². The Morgan fingerprint density at radius 1 is 1.23 bits per heavy atom. The van der Waals surface area contributed by atoms with Crippen LogP contribution in [-0.4, -0.2) is 21.0 Å². The fourth-order valence-electron chi connectivity index (χ4n) is 2.44. The van der Waals surface area contributed by atoms with Crippen LogP contribution in [-0.2, 0) is 0 Å². The monoisotopic (exact) mass is 453 g/mol. The molecule has 5 nitrogen and oxygen atoms in total. The second-order valence-corrected chi connectivity index (χ2v) is 7.71. The van der Waals surface area contributed by atoms with Crippen LogP contribution in [0, 0.1) is 0 Å². The fourth-order valence-corrected chi connectivity index (χ4v) is 3.30. The molecule has 3 rings (SSSR count). The Balaban J connectivity index is 2.19. The fraction of sp³-hybridized carbons (Fsp3) is 0.167. The van der Waals surface area contributed by atoms with Crippen LogP contribution < -0.4 is 5.56 Å². The minimum absolute atomic E-state index is 0.0140. The molecule has 0 aliphatic heterocycles. The Morgan fingerprint density at radius 2 is 1.88 bits per heavy atom. The molecule has 0 radical (unpaired) electrons. The van der Waals surface area contributed by atoms with Crippen LogP contribution in [0.3, 0.4) is 0 Å². The zero-order valence-corrected chi connectivity index (χ0v) is 17.0. The maximum atomic E-state index is 12.9. The van der Waals surface area contributed by atoms with E-state index >= 15 is 0 Å². The molecule has 2 aromatic carbocycles. The number of hydrogen-bond acceptors (Lipinski definition) is 4. The molecule has 0 fully saturated rings. The van der Waals surface area contributed by atoms with Gasteiger partial charge in [0.2, 0.25) is 0 Å². The van der Waals surface area contributed by atoms with Gasteiger partial charge in [0.15, 0.2) is 5.75 Å². The third kappa shape index (κ3) is 3.63. The number of phenols is 1. The van der Waals surface area contributed by atoms with Gasteiger partial charge in [-0.15, -0.1) is 0 Å². The summed E-state index contributed by atoms with van der Waals surface area (Å²) in [4.78, 5) is 17.5. The molecule has 1 N–H and O–H groups in total. The molecule has 0 amide bonds. The Hall–Kier alpha value is -1.89. The number of aromatic nitrogens is 2. The van der Waals surface area contributed by atoms with E-state index in [1.807, 2.05) is 19.9 Å². The Kier molecular flexibility index (Phi) is 5.37. The molecule has 0 aliphatic carbocycles. The van der Waals surface area contributed by atoms with E-state index in [9.17, 15) is 9.90 Å². The predicted octanol–water partition coefficient (Wildman–Crippen LogP) is 5.18. The summed E-state index contributed by atoms with van der Waals surface area (Å²) in [6.07, 6.45) is 1.45. The van der Waals surface area contributed by atoms with Crippen LogP contribution in [0.15, 0.2) is 44.7 Å². The van der Waals surface area contributed by atoms with E-state index in [2.05, 4.69) is 26.0 Å². The number of aromatic hydroxyl groups is 1. The van der Waals surface area contributed by atoms with Crippen molar-refractivity contribution in [2.24, 2.45) is 5.10 Å². The first kappa shape index (κ1) is 18.9. The third-order valence-electron chi connectivity index (χ3n) is 3.71. The van der Waals surface area contributed by atoms with Crippen molar-refractivity contribution in [1.29, 1.82) is 0 Å². The third-order valence-corrected chi connectivity index (χ3v) is 4.78. The van der Waals surface area contributed by atoms with E-state index in [0.29, 0.717) is 22.3 Å². The van der Waals surface area contributed by atoms with E-state index in [1.165, 1.54) is 23.0 Å². The SMILES string of the molecule is CC(C)c1nc2ccc(Br)cc2c(=O)n1N=Cc1cc(Cl)c(O)c(Cl)c1. The molecule has 1 aromatic heterocycles. The van der Waals surface area contributed by atoms with Crippen molar-refractivity contribution in [3.8, 4) is 5.75 Å². The molecular formula is C18H14BrCl2N3O2. The lowest BCUT2D eigenvalue weighted by atomic mass is 10.2. The van der Waals surface area contributed by atoms with E-state index in [-0.39, 0.29) is 27.3 Å². The Morgan fingerprint density at radius 3 is 2.50 bits per heavy atom. The van der Waals surface area contributed by atoms with Gasteiger partial charge in [-0.05, 0) is 35.9 Å². The van der Waals surface area contributed by atoms with Crippen LogP contribution in [0.1, 0.15) is 31.2 Å². The van der Waals surface area contributed by atoms with Gasteiger partial charge in [0.1, 0.15) is 5.82 Å². The Labute approximate surface area is 168 Å². The van der Waals surface area contributed by atoms with Crippen LogP contribution in [0.25, 0.3) is 10.9 Å². The minimum Gasteiger partial charge on any atom is -0.505 e. The van der Waals surface area contributed by atoms with Gasteiger partial charge in [-0.3, -0.25) is 4.79 Å². The van der Waals surface area contributed by atoms with Crippen molar-refractivity contribution in [2.45, 2.75) is 19.8 Å². The van der Waals surface area contributed by atoms with E-state index in [0.717, 1.165) is 4.47 Å². The number of benzene rings is 2. The summed E-state index contributed by atoms with van der Waals surface area (Å²) in [5.74, 6) is 0.333. The summed E-state index contributed by atoms with van der Waals surface area (Å²) in [5, 5.41) is 14.6. The first-order valence-corrected chi connectivity index (χ1v) is 9.27. The lowest BCUT2D eigenvalue weighted by Gasteiger charge is -2.12. The van der Waals surface area contributed by atoms with Crippen LogP contribution >= 0.6 is 39.1 Å². The molecule has 0 bridgehead atoms. The van der Waals surface area contributed by atoms with Crippen LogP contribution in [0.4, 0.5) is 0 Å². The highest BCUT2D eigenvalue weighted by Gasteiger charge is 2.14. The van der Waals surface area contributed by atoms with Crippen molar-refractivity contribution in [1.82, 2.24) is 9.66 Å². The lowest BCUT2D eigenvalue weighted by Crippen LogP contribution is -2.23. The quantitative estimate of drug-likeness (QED) is 0.554. The molecule has 134 valence electrons. The molecule has 0 atom stereocenters. The van der Waals surface area contributed by atoms with Gasteiger partial charge in [0, 0.05) is 10.4 Å². The van der Waals surface area contributed by atoms with Gasteiger partial charge in [-0.1, -0.05) is 53.0 Å². The standard InChI is InChI=1S/C18H14BrCl2N3O2/c1-9(2)17-23-15-4-3-11(19)7-12(15)18(26)24(17)22-8-10-5-13(20)16(25)14(21)6-10/h3-9,25H,1-2H3. The molecule has 0 aliphatic rings. The first-order valence-electron chi connectivity index (χ1n) is 7.72. The highest BCUT2D eigenvalue weighted by Crippen LogP contribution is 2.32. The van der Waals surface area contributed by atoms with E-state index in [4.69, 9.17) is 23.2 Å². The van der Waals surface area contributed by atoms with Gasteiger partial charge in [-0.2, -0.15) is 9.78 Å². The smallest absolute Gasteiger partial charge is 0.282 e. The summed E-state index contributed by atoms with van der Waals surface area (Å²) >= 11 is 15.2. The molecule has 0 unspecified atom stereocenters. The van der Waals surface area contributed by atoms with Crippen LogP contribution in [0.5, 0.6) is 5.75 Å². The van der Waals surface area contributed by atoms with Crippen molar-refractivity contribution in [3.05, 3.63) is 66.6 Å². The molecule has 0 spiro atoms. The molecule has 8 heteroatoms. The van der Waals surface area contributed by atoms with Gasteiger partial charge >= 0.3 is 0 Å². The van der Waals surface area contributed by atoms with Crippen molar-refractivity contribution >= 4 is 56.2 Å².